The molecular formula is C16H13F6N3O4. The fraction of sp³-hybridized carbons (Fsp3) is 0.312. The average Bonchev–Trinajstić information content (AvgIpc) is 3.09. The molecule has 0 atom stereocenters. The summed E-state index contributed by atoms with van der Waals surface area (Å²) in [4.78, 5) is 22.1. The molecule has 7 nitrogen and oxygen atoms in total. The molecule has 158 valence electrons. The monoisotopic (exact) mass is 425 g/mol. The number of furan rings is 1. The highest BCUT2D eigenvalue weighted by molar-refractivity contribution is 5.95. The van der Waals surface area contributed by atoms with E-state index in [1.807, 2.05) is 0 Å². The van der Waals surface area contributed by atoms with Crippen LogP contribution < -0.4 is 5.32 Å². The lowest BCUT2D eigenvalue weighted by Gasteiger charge is -2.25. The number of nitro benzene ring substituents is 1. The van der Waals surface area contributed by atoms with Crippen LogP contribution in [0.5, 0.6) is 0 Å². The standard InChI is InChI=1S/C16H13F6N3O4/c17-15(18,19)8-24(9-16(20,21)22)14(26)11-1-2-12(13(5-11)25(27)28)23-6-10-3-4-29-7-10/h1-5,7,23H,6,8-9H2. The number of carbonyl (C=O) groups is 1. The van der Waals surface area contributed by atoms with Gasteiger partial charge in [0.15, 0.2) is 0 Å². The van der Waals surface area contributed by atoms with Crippen molar-refractivity contribution in [2.24, 2.45) is 0 Å². The third-order valence-corrected chi connectivity index (χ3v) is 3.53. The first-order chi connectivity index (χ1) is 13.4. The molecule has 2 rings (SSSR count). The molecule has 0 aliphatic carbocycles. The number of anilines is 1. The summed E-state index contributed by atoms with van der Waals surface area (Å²) in [5.74, 6) is -1.64. The zero-order valence-electron chi connectivity index (χ0n) is 14.4. The molecule has 1 aromatic carbocycles. The molecule has 0 radical (unpaired) electrons. The van der Waals surface area contributed by atoms with E-state index in [0.717, 1.165) is 12.1 Å². The number of amides is 1. The van der Waals surface area contributed by atoms with E-state index < -0.39 is 52.4 Å². The Hall–Kier alpha value is -3.25. The quantitative estimate of drug-likeness (QED) is 0.404. The van der Waals surface area contributed by atoms with Gasteiger partial charge in [-0.2, -0.15) is 26.3 Å². The van der Waals surface area contributed by atoms with Crippen molar-refractivity contribution >= 4 is 17.3 Å². The summed E-state index contributed by atoms with van der Waals surface area (Å²) >= 11 is 0. The highest BCUT2D eigenvalue weighted by Crippen LogP contribution is 2.28. The first-order valence-corrected chi connectivity index (χ1v) is 7.82. The van der Waals surface area contributed by atoms with E-state index in [2.05, 4.69) is 5.32 Å². The number of carbonyl (C=O) groups excluding carboxylic acids is 1. The molecule has 0 aliphatic heterocycles. The van der Waals surface area contributed by atoms with E-state index in [4.69, 9.17) is 4.42 Å². The van der Waals surface area contributed by atoms with Crippen LogP contribution in [0.1, 0.15) is 15.9 Å². The number of rotatable bonds is 7. The van der Waals surface area contributed by atoms with Crippen molar-refractivity contribution in [1.29, 1.82) is 0 Å². The number of nitrogens with one attached hydrogen (secondary N) is 1. The summed E-state index contributed by atoms with van der Waals surface area (Å²) in [7, 11) is 0. The molecule has 29 heavy (non-hydrogen) atoms. The van der Waals surface area contributed by atoms with Crippen molar-refractivity contribution in [3.8, 4) is 0 Å². The Morgan fingerprint density at radius 1 is 1.10 bits per heavy atom. The molecule has 1 N–H and O–H groups in total. The highest BCUT2D eigenvalue weighted by Gasteiger charge is 2.40. The third kappa shape index (κ3) is 6.69. The maximum Gasteiger partial charge on any atom is 0.406 e. The van der Waals surface area contributed by atoms with Crippen molar-refractivity contribution in [2.75, 3.05) is 18.4 Å². The van der Waals surface area contributed by atoms with Gasteiger partial charge in [0.05, 0.1) is 17.4 Å². The van der Waals surface area contributed by atoms with Crippen LogP contribution in [0.3, 0.4) is 0 Å². The van der Waals surface area contributed by atoms with Gasteiger partial charge in [0, 0.05) is 23.7 Å². The minimum atomic E-state index is -5.08. The van der Waals surface area contributed by atoms with Crippen LogP contribution in [-0.2, 0) is 6.54 Å². The van der Waals surface area contributed by atoms with Gasteiger partial charge in [-0.1, -0.05) is 0 Å². The van der Waals surface area contributed by atoms with E-state index in [1.165, 1.54) is 12.5 Å². The molecule has 1 aromatic heterocycles. The predicted molar refractivity (Wildman–Crippen MR) is 87.1 cm³/mol. The summed E-state index contributed by atoms with van der Waals surface area (Å²) < 4.78 is 80.3. The number of nitrogens with zero attached hydrogens (tertiary/aromatic N) is 2. The van der Waals surface area contributed by atoms with Crippen LogP contribution in [0, 0.1) is 10.1 Å². The van der Waals surface area contributed by atoms with Gasteiger partial charge >= 0.3 is 12.4 Å². The van der Waals surface area contributed by atoms with Gasteiger partial charge in [-0.25, -0.2) is 0 Å². The second-order valence-corrected chi connectivity index (χ2v) is 5.87. The van der Waals surface area contributed by atoms with Crippen molar-refractivity contribution in [2.45, 2.75) is 18.9 Å². The van der Waals surface area contributed by atoms with Gasteiger partial charge in [-0.15, -0.1) is 0 Å². The second-order valence-electron chi connectivity index (χ2n) is 5.87. The Labute approximate surface area is 159 Å². The van der Waals surface area contributed by atoms with Crippen molar-refractivity contribution in [3.63, 3.8) is 0 Å². The van der Waals surface area contributed by atoms with E-state index in [9.17, 15) is 41.3 Å². The maximum absolute atomic E-state index is 12.6. The number of hydrogen-bond acceptors (Lipinski definition) is 5. The van der Waals surface area contributed by atoms with Gasteiger partial charge in [-0.05, 0) is 18.2 Å². The lowest BCUT2D eigenvalue weighted by Crippen LogP contribution is -2.44. The Bertz CT molecular complexity index is 849. The van der Waals surface area contributed by atoms with Crippen LogP contribution in [0.2, 0.25) is 0 Å². The number of alkyl halides is 6. The minimum Gasteiger partial charge on any atom is -0.472 e. The van der Waals surface area contributed by atoms with E-state index in [-0.39, 0.29) is 12.2 Å². The van der Waals surface area contributed by atoms with Crippen LogP contribution in [0.15, 0.2) is 41.2 Å². The van der Waals surface area contributed by atoms with Crippen LogP contribution in [-0.4, -0.2) is 41.2 Å². The number of benzene rings is 1. The van der Waals surface area contributed by atoms with Crippen LogP contribution in [0.4, 0.5) is 37.7 Å². The Balaban J connectivity index is 2.29. The molecule has 0 unspecified atom stereocenters. The van der Waals surface area contributed by atoms with E-state index in [0.29, 0.717) is 11.6 Å². The normalized spacial score (nSPS) is 11.9. The zero-order chi connectivity index (χ0) is 21.8. The largest absolute Gasteiger partial charge is 0.472 e. The number of halogens is 6. The van der Waals surface area contributed by atoms with Crippen molar-refractivity contribution in [3.05, 3.63) is 58.0 Å². The topological polar surface area (TPSA) is 88.6 Å². The molecule has 1 amide bonds. The van der Waals surface area contributed by atoms with Gasteiger partial charge in [0.1, 0.15) is 18.8 Å². The van der Waals surface area contributed by atoms with Crippen LogP contribution in [0.25, 0.3) is 0 Å². The molecule has 0 spiro atoms. The SMILES string of the molecule is O=C(c1ccc(NCc2ccoc2)c([N+](=O)[O-])c1)N(CC(F)(F)F)CC(F)(F)F. The Morgan fingerprint density at radius 3 is 2.21 bits per heavy atom. The second kappa shape index (κ2) is 8.41. The Morgan fingerprint density at radius 2 is 1.72 bits per heavy atom. The zero-order valence-corrected chi connectivity index (χ0v) is 14.4. The molecule has 0 saturated carbocycles. The lowest BCUT2D eigenvalue weighted by molar-refractivity contribution is -0.384. The first-order valence-electron chi connectivity index (χ1n) is 7.82. The fourth-order valence-corrected chi connectivity index (χ4v) is 2.37. The summed E-state index contributed by atoms with van der Waals surface area (Å²) in [6, 6.07) is 4.14. The summed E-state index contributed by atoms with van der Waals surface area (Å²) in [5.41, 5.74) is -0.815. The van der Waals surface area contributed by atoms with Crippen molar-refractivity contribution < 1.29 is 40.5 Å². The highest BCUT2D eigenvalue weighted by atomic mass is 19.4. The molecular weight excluding hydrogens is 412 g/mol. The smallest absolute Gasteiger partial charge is 0.406 e. The van der Waals surface area contributed by atoms with E-state index in [1.54, 1.807) is 6.07 Å². The molecule has 1 heterocycles. The third-order valence-electron chi connectivity index (χ3n) is 3.53. The first kappa shape index (κ1) is 22.0. The maximum atomic E-state index is 12.6. The van der Waals surface area contributed by atoms with Crippen molar-refractivity contribution in [1.82, 2.24) is 4.90 Å². The predicted octanol–water partition coefficient (Wildman–Crippen LogP) is 4.37. The van der Waals surface area contributed by atoms with E-state index >= 15 is 0 Å². The van der Waals surface area contributed by atoms with Gasteiger partial charge in [-0.3, -0.25) is 14.9 Å². The number of hydrogen-bond donors (Lipinski definition) is 1. The lowest BCUT2D eigenvalue weighted by atomic mass is 10.1. The van der Waals surface area contributed by atoms with Gasteiger partial charge < -0.3 is 14.6 Å². The summed E-state index contributed by atoms with van der Waals surface area (Å²) in [6.45, 7) is -4.21. The molecule has 0 saturated heterocycles. The van der Waals surface area contributed by atoms with Gasteiger partial charge in [0.25, 0.3) is 11.6 Å². The fourth-order valence-electron chi connectivity index (χ4n) is 2.37. The van der Waals surface area contributed by atoms with Gasteiger partial charge in [0.2, 0.25) is 0 Å². The number of nitro groups is 1. The van der Waals surface area contributed by atoms with Crippen LogP contribution >= 0.6 is 0 Å². The molecule has 0 aliphatic rings. The molecule has 13 heteroatoms. The summed E-state index contributed by atoms with van der Waals surface area (Å²) in [6.07, 6.45) is -7.44. The molecule has 0 bridgehead atoms. The minimum absolute atomic E-state index is 0.0778. The average molecular weight is 425 g/mol. The molecule has 0 fully saturated rings. The Kier molecular flexibility index (Phi) is 6.39. The molecule has 2 aromatic rings. The summed E-state index contributed by atoms with van der Waals surface area (Å²) in [5, 5.41) is 13.9.